The zero-order valence-electron chi connectivity index (χ0n) is 14.4. The third kappa shape index (κ3) is 2.98. The van der Waals surface area contributed by atoms with Crippen molar-refractivity contribution in [1.82, 2.24) is 9.88 Å². The summed E-state index contributed by atoms with van der Waals surface area (Å²) >= 11 is 9.24. The maximum Gasteiger partial charge on any atom is 0.257 e. The topological polar surface area (TPSA) is 77.2 Å². The van der Waals surface area contributed by atoms with Gasteiger partial charge in [-0.25, -0.2) is 4.98 Å². The second kappa shape index (κ2) is 7.02. The first-order chi connectivity index (χ1) is 13.4. The van der Waals surface area contributed by atoms with Gasteiger partial charge in [-0.2, -0.15) is 5.26 Å². The van der Waals surface area contributed by atoms with Crippen LogP contribution in [0, 0.1) is 11.3 Å². The lowest BCUT2D eigenvalue weighted by Crippen LogP contribution is -2.44. The number of amides is 1. The van der Waals surface area contributed by atoms with Crippen LogP contribution in [-0.2, 0) is 12.3 Å². The predicted molar refractivity (Wildman–Crippen MR) is 107 cm³/mol. The van der Waals surface area contributed by atoms with Gasteiger partial charge >= 0.3 is 0 Å². The van der Waals surface area contributed by atoms with Crippen molar-refractivity contribution in [2.75, 3.05) is 0 Å². The number of nitriles is 1. The Labute approximate surface area is 174 Å². The van der Waals surface area contributed by atoms with Crippen LogP contribution in [0.15, 0.2) is 65.3 Å². The number of hydrogen-bond acceptors (Lipinski definition) is 4. The van der Waals surface area contributed by atoms with Crippen LogP contribution >= 0.6 is 27.5 Å². The number of halogens is 2. The molecule has 0 saturated heterocycles. The molecule has 2 aromatic carbocycles. The highest BCUT2D eigenvalue weighted by atomic mass is 79.9. The average Bonchev–Trinajstić information content (AvgIpc) is 2.92. The predicted octanol–water partition coefficient (Wildman–Crippen LogP) is 4.22. The molecule has 1 aliphatic rings. The summed E-state index contributed by atoms with van der Waals surface area (Å²) in [6, 6.07) is 17.3. The van der Waals surface area contributed by atoms with Crippen molar-refractivity contribution in [2.24, 2.45) is 0 Å². The quantitative estimate of drug-likeness (QED) is 0.601. The molecule has 28 heavy (non-hydrogen) atoms. The van der Waals surface area contributed by atoms with E-state index in [9.17, 15) is 9.90 Å². The lowest BCUT2D eigenvalue weighted by molar-refractivity contribution is -0.0543. The molecule has 1 unspecified atom stereocenters. The molecule has 1 N–H and O–H groups in total. The monoisotopic (exact) mass is 453 g/mol. The summed E-state index contributed by atoms with van der Waals surface area (Å²) in [6.07, 6.45) is 1.58. The lowest BCUT2D eigenvalue weighted by atomic mass is 9.93. The minimum Gasteiger partial charge on any atom is -0.363 e. The Balaban J connectivity index is 1.86. The molecular weight excluding hydrogens is 442 g/mol. The molecule has 1 amide bonds. The fourth-order valence-corrected chi connectivity index (χ4v) is 3.87. The summed E-state index contributed by atoms with van der Waals surface area (Å²) in [5.74, 6) is -0.293. The zero-order valence-corrected chi connectivity index (χ0v) is 16.8. The van der Waals surface area contributed by atoms with Crippen molar-refractivity contribution in [2.45, 2.75) is 12.3 Å². The third-order valence-corrected chi connectivity index (χ3v) is 5.49. The Bertz CT molecular complexity index is 1110. The summed E-state index contributed by atoms with van der Waals surface area (Å²) < 4.78 is 0.747. The van der Waals surface area contributed by atoms with Crippen LogP contribution in [0.25, 0.3) is 0 Å². The third-order valence-electron chi connectivity index (χ3n) is 4.77. The van der Waals surface area contributed by atoms with E-state index in [1.165, 1.54) is 4.90 Å². The molecule has 0 spiro atoms. The molecule has 138 valence electrons. The average molecular weight is 455 g/mol. The van der Waals surface area contributed by atoms with E-state index in [2.05, 4.69) is 27.0 Å². The molecule has 1 aliphatic heterocycles. The maximum absolute atomic E-state index is 13.2. The fraction of sp³-hybridized carbons (Fsp3) is 0.0952. The summed E-state index contributed by atoms with van der Waals surface area (Å²) in [7, 11) is 0. The molecule has 0 saturated carbocycles. The van der Waals surface area contributed by atoms with Crippen molar-refractivity contribution in [1.29, 1.82) is 5.26 Å². The first kappa shape index (κ1) is 18.6. The van der Waals surface area contributed by atoms with Gasteiger partial charge in [-0.15, -0.1) is 0 Å². The number of nitrogens with zero attached hydrogens (tertiary/aromatic N) is 3. The minimum absolute atomic E-state index is 0.145. The molecule has 1 aromatic heterocycles. The van der Waals surface area contributed by atoms with E-state index in [4.69, 9.17) is 16.9 Å². The highest BCUT2D eigenvalue weighted by Gasteiger charge is 2.49. The normalized spacial score (nSPS) is 18.1. The largest absolute Gasteiger partial charge is 0.363 e. The van der Waals surface area contributed by atoms with Gasteiger partial charge in [0.25, 0.3) is 5.91 Å². The van der Waals surface area contributed by atoms with Crippen molar-refractivity contribution in [3.8, 4) is 6.07 Å². The molecule has 4 rings (SSSR count). The van der Waals surface area contributed by atoms with Crippen LogP contribution in [-0.4, -0.2) is 20.9 Å². The van der Waals surface area contributed by atoms with Gasteiger partial charge in [0.05, 0.1) is 18.2 Å². The zero-order chi connectivity index (χ0) is 19.9. The van der Waals surface area contributed by atoms with Gasteiger partial charge in [-0.3, -0.25) is 9.69 Å². The van der Waals surface area contributed by atoms with E-state index >= 15 is 0 Å². The molecule has 2 heterocycles. The van der Waals surface area contributed by atoms with E-state index in [1.807, 2.05) is 0 Å². The molecule has 1 atom stereocenters. The first-order valence-electron chi connectivity index (χ1n) is 8.39. The van der Waals surface area contributed by atoms with Crippen LogP contribution < -0.4 is 0 Å². The number of hydrogen-bond donors (Lipinski definition) is 1. The SMILES string of the molecule is N#Cc1ccc(C2(O)c3ccc(Br)cc3C(=O)N2Cc2ccc(Cl)nc2)cc1. The van der Waals surface area contributed by atoms with Gasteiger partial charge in [-0.1, -0.05) is 51.8 Å². The van der Waals surface area contributed by atoms with Gasteiger partial charge in [0.1, 0.15) is 5.15 Å². The van der Waals surface area contributed by atoms with E-state index in [1.54, 1.807) is 60.8 Å². The number of pyridine rings is 1. The molecule has 0 fully saturated rings. The summed E-state index contributed by atoms with van der Waals surface area (Å²) in [4.78, 5) is 18.6. The highest BCUT2D eigenvalue weighted by molar-refractivity contribution is 9.10. The van der Waals surface area contributed by atoms with Gasteiger partial charge < -0.3 is 5.11 Å². The van der Waals surface area contributed by atoms with E-state index < -0.39 is 5.72 Å². The first-order valence-corrected chi connectivity index (χ1v) is 9.56. The van der Waals surface area contributed by atoms with Gasteiger partial charge in [0, 0.05) is 27.4 Å². The van der Waals surface area contributed by atoms with Crippen LogP contribution in [0.1, 0.15) is 32.6 Å². The van der Waals surface area contributed by atoms with Crippen LogP contribution in [0.2, 0.25) is 5.15 Å². The molecular formula is C21H13BrClN3O2. The smallest absolute Gasteiger partial charge is 0.257 e. The number of rotatable bonds is 3. The second-order valence-electron chi connectivity index (χ2n) is 6.43. The summed E-state index contributed by atoms with van der Waals surface area (Å²) in [5, 5.41) is 21.2. The molecule has 3 aromatic rings. The summed E-state index contributed by atoms with van der Waals surface area (Å²) in [5.41, 5.74) is 0.956. The molecule has 0 bridgehead atoms. The Morgan fingerprint density at radius 3 is 2.57 bits per heavy atom. The van der Waals surface area contributed by atoms with Crippen LogP contribution in [0.4, 0.5) is 0 Å². The van der Waals surface area contributed by atoms with Crippen LogP contribution in [0.3, 0.4) is 0 Å². The molecule has 0 radical (unpaired) electrons. The van der Waals surface area contributed by atoms with Gasteiger partial charge in [0.15, 0.2) is 5.72 Å². The van der Waals surface area contributed by atoms with Crippen molar-refractivity contribution >= 4 is 33.4 Å². The lowest BCUT2D eigenvalue weighted by Gasteiger charge is -2.35. The molecule has 7 heteroatoms. The van der Waals surface area contributed by atoms with E-state index in [-0.39, 0.29) is 12.5 Å². The highest BCUT2D eigenvalue weighted by Crippen LogP contribution is 2.43. The molecule has 5 nitrogen and oxygen atoms in total. The Hall–Kier alpha value is -2.72. The number of aromatic nitrogens is 1. The van der Waals surface area contributed by atoms with Gasteiger partial charge in [-0.05, 0) is 35.9 Å². The van der Waals surface area contributed by atoms with Crippen LogP contribution in [0.5, 0.6) is 0 Å². The molecule has 0 aliphatic carbocycles. The minimum atomic E-state index is -1.67. The number of carbonyl (C=O) groups is 1. The van der Waals surface area contributed by atoms with E-state index in [0.29, 0.717) is 27.4 Å². The van der Waals surface area contributed by atoms with Crippen molar-refractivity contribution in [3.05, 3.63) is 98.2 Å². The number of benzene rings is 2. The Morgan fingerprint density at radius 2 is 1.93 bits per heavy atom. The standard InChI is InChI=1S/C21H13BrClN3O2/c22-16-6-7-18-17(9-16)20(27)26(12-14-3-8-19(23)25-11-14)21(18,28)15-4-1-13(10-24)2-5-15/h1-9,11,28H,12H2. The Kier molecular flexibility index (Phi) is 4.68. The van der Waals surface area contributed by atoms with Gasteiger partial charge in [0.2, 0.25) is 0 Å². The number of fused-ring (bicyclic) bond motifs is 1. The van der Waals surface area contributed by atoms with E-state index in [0.717, 1.165) is 10.0 Å². The number of carbonyl (C=O) groups excluding carboxylic acids is 1. The maximum atomic E-state index is 13.2. The number of aliphatic hydroxyl groups is 1. The Morgan fingerprint density at radius 1 is 1.18 bits per heavy atom. The van der Waals surface area contributed by atoms with Crippen molar-refractivity contribution in [3.63, 3.8) is 0 Å². The fourth-order valence-electron chi connectivity index (χ4n) is 3.39. The second-order valence-corrected chi connectivity index (χ2v) is 7.73. The van der Waals surface area contributed by atoms with Crippen molar-refractivity contribution < 1.29 is 9.90 Å². The summed E-state index contributed by atoms with van der Waals surface area (Å²) in [6.45, 7) is 0.145.